The van der Waals surface area contributed by atoms with Crippen LogP contribution in [0.2, 0.25) is 0 Å². The number of rotatable bonds is 2. The number of alkyl halides is 3. The second-order valence-corrected chi connectivity index (χ2v) is 9.22. The summed E-state index contributed by atoms with van der Waals surface area (Å²) in [6.45, 7) is 0.699. The van der Waals surface area contributed by atoms with Gasteiger partial charge in [0.1, 0.15) is 5.82 Å². The lowest BCUT2D eigenvalue weighted by atomic mass is 9.72. The zero-order valence-corrected chi connectivity index (χ0v) is 17.1. The van der Waals surface area contributed by atoms with Crippen LogP contribution in [-0.4, -0.2) is 31.8 Å². The van der Waals surface area contributed by atoms with E-state index in [0.717, 1.165) is 24.0 Å². The van der Waals surface area contributed by atoms with Crippen LogP contribution in [0.25, 0.3) is 0 Å². The maximum atomic E-state index is 13.3. The van der Waals surface area contributed by atoms with Gasteiger partial charge in [-0.2, -0.15) is 21.6 Å². The van der Waals surface area contributed by atoms with Crippen molar-refractivity contribution < 1.29 is 30.5 Å². The molecule has 0 bridgehead atoms. The van der Waals surface area contributed by atoms with Crippen LogP contribution >= 0.6 is 0 Å². The predicted molar refractivity (Wildman–Crippen MR) is 105 cm³/mol. The third-order valence-corrected chi connectivity index (χ3v) is 5.65. The van der Waals surface area contributed by atoms with Gasteiger partial charge in [-0.25, -0.2) is 4.39 Å². The maximum Gasteiger partial charge on any atom is 0.416 e. The van der Waals surface area contributed by atoms with Crippen molar-refractivity contribution in [3.63, 3.8) is 0 Å². The zero-order valence-electron chi connectivity index (χ0n) is 16.3. The lowest BCUT2D eigenvalue weighted by Gasteiger charge is -2.32. The number of fused-ring (bicyclic) bond motifs is 3. The predicted octanol–water partition coefficient (Wildman–Crippen LogP) is 4.21. The highest BCUT2D eigenvalue weighted by Gasteiger charge is 2.43. The number of nitrogens with one attached hydrogen (secondary N) is 1. The fraction of sp³-hybridized carbons (Fsp3) is 0.429. The summed E-state index contributed by atoms with van der Waals surface area (Å²) in [6, 6.07) is 11.3. The summed E-state index contributed by atoms with van der Waals surface area (Å²) in [4.78, 5) is 0. The molecule has 2 aromatic carbocycles. The molecule has 0 aromatic heterocycles. The van der Waals surface area contributed by atoms with Crippen molar-refractivity contribution in [1.29, 1.82) is 0 Å². The van der Waals surface area contributed by atoms with Crippen LogP contribution in [0.1, 0.15) is 34.6 Å². The molecule has 3 atom stereocenters. The van der Waals surface area contributed by atoms with E-state index in [9.17, 15) is 26.0 Å². The average Bonchev–Trinajstić information content (AvgIpc) is 3.04. The van der Waals surface area contributed by atoms with E-state index < -0.39 is 21.9 Å². The topological polar surface area (TPSA) is 66.4 Å². The van der Waals surface area contributed by atoms with Gasteiger partial charge in [-0.15, -0.1) is 0 Å². The lowest BCUT2D eigenvalue weighted by molar-refractivity contribution is -0.138. The Morgan fingerprint density at radius 1 is 1.13 bits per heavy atom. The average molecular weight is 445 g/mol. The molecule has 2 N–H and O–H groups in total. The van der Waals surface area contributed by atoms with E-state index in [0.29, 0.717) is 30.7 Å². The zero-order chi connectivity index (χ0) is 22.1. The molecule has 30 heavy (non-hydrogen) atoms. The van der Waals surface area contributed by atoms with Crippen molar-refractivity contribution in [2.24, 2.45) is 5.92 Å². The van der Waals surface area contributed by atoms with Gasteiger partial charge < -0.3 is 5.32 Å². The van der Waals surface area contributed by atoms with Gasteiger partial charge in [-0.05, 0) is 60.1 Å². The molecule has 1 heterocycles. The van der Waals surface area contributed by atoms with Gasteiger partial charge in [-0.3, -0.25) is 4.55 Å². The lowest BCUT2D eigenvalue weighted by Crippen LogP contribution is -2.31. The molecule has 2 aromatic rings. The van der Waals surface area contributed by atoms with Crippen LogP contribution in [0.4, 0.5) is 17.6 Å². The SMILES string of the molecule is CS(=O)(=O)O.Fc1ccc(CC2NCC3c4cccc(C(F)(F)F)c4CCC23)cc1. The van der Waals surface area contributed by atoms with Gasteiger partial charge in [0.05, 0.1) is 11.8 Å². The van der Waals surface area contributed by atoms with E-state index in [4.69, 9.17) is 4.55 Å². The summed E-state index contributed by atoms with van der Waals surface area (Å²) in [5.41, 5.74) is 1.89. The van der Waals surface area contributed by atoms with Crippen LogP contribution in [0, 0.1) is 11.7 Å². The molecule has 3 unspecified atom stereocenters. The van der Waals surface area contributed by atoms with Crippen molar-refractivity contribution in [2.45, 2.75) is 37.4 Å². The third-order valence-electron chi connectivity index (χ3n) is 5.65. The summed E-state index contributed by atoms with van der Waals surface area (Å²) in [7, 11) is -3.67. The molecule has 1 aliphatic carbocycles. The highest BCUT2D eigenvalue weighted by Crippen LogP contribution is 2.45. The smallest absolute Gasteiger partial charge is 0.313 e. The van der Waals surface area contributed by atoms with E-state index in [1.165, 1.54) is 24.3 Å². The highest BCUT2D eigenvalue weighted by molar-refractivity contribution is 7.85. The van der Waals surface area contributed by atoms with E-state index >= 15 is 0 Å². The van der Waals surface area contributed by atoms with E-state index in [2.05, 4.69) is 5.32 Å². The largest absolute Gasteiger partial charge is 0.416 e. The number of benzene rings is 2. The Balaban J connectivity index is 0.000000461. The van der Waals surface area contributed by atoms with Gasteiger partial charge in [0.15, 0.2) is 0 Å². The van der Waals surface area contributed by atoms with Gasteiger partial charge in [-0.1, -0.05) is 24.3 Å². The molecule has 1 fully saturated rings. The highest BCUT2D eigenvalue weighted by atomic mass is 32.2. The Morgan fingerprint density at radius 3 is 2.37 bits per heavy atom. The van der Waals surface area contributed by atoms with Gasteiger partial charge in [0.25, 0.3) is 10.1 Å². The van der Waals surface area contributed by atoms with Crippen LogP contribution in [-0.2, 0) is 29.1 Å². The molecule has 0 saturated carbocycles. The molecule has 0 radical (unpaired) electrons. The van der Waals surface area contributed by atoms with Crippen molar-refractivity contribution in [3.05, 3.63) is 70.5 Å². The minimum absolute atomic E-state index is 0.122. The third kappa shape index (κ3) is 5.59. The van der Waals surface area contributed by atoms with E-state index in [1.54, 1.807) is 12.1 Å². The van der Waals surface area contributed by atoms with Gasteiger partial charge in [0.2, 0.25) is 0 Å². The monoisotopic (exact) mass is 445 g/mol. The van der Waals surface area contributed by atoms with Crippen LogP contribution in [0.3, 0.4) is 0 Å². The second kappa shape index (κ2) is 8.64. The normalized spacial score (nSPS) is 23.2. The van der Waals surface area contributed by atoms with Gasteiger partial charge >= 0.3 is 6.18 Å². The van der Waals surface area contributed by atoms with Crippen molar-refractivity contribution in [3.8, 4) is 0 Å². The first-order chi connectivity index (χ1) is 13.9. The van der Waals surface area contributed by atoms with Crippen molar-refractivity contribution >= 4 is 10.1 Å². The fourth-order valence-electron chi connectivity index (χ4n) is 4.51. The molecule has 0 spiro atoms. The Bertz CT molecular complexity index is 982. The van der Waals surface area contributed by atoms with Crippen LogP contribution < -0.4 is 5.32 Å². The summed E-state index contributed by atoms with van der Waals surface area (Å²) in [5, 5.41) is 3.49. The first-order valence-corrected chi connectivity index (χ1v) is 11.4. The molecule has 1 saturated heterocycles. The Morgan fingerprint density at radius 2 is 1.77 bits per heavy atom. The quantitative estimate of drug-likeness (QED) is 0.537. The number of hydrogen-bond donors (Lipinski definition) is 2. The number of hydrogen-bond acceptors (Lipinski definition) is 3. The molecule has 4 nitrogen and oxygen atoms in total. The maximum absolute atomic E-state index is 13.3. The minimum atomic E-state index is -4.29. The molecular formula is C21H23F4NO3S. The molecule has 2 aliphatic rings. The first-order valence-electron chi connectivity index (χ1n) is 9.52. The molecular weight excluding hydrogens is 422 g/mol. The molecule has 9 heteroatoms. The molecule has 0 amide bonds. The van der Waals surface area contributed by atoms with Gasteiger partial charge in [0, 0.05) is 18.5 Å². The summed E-state index contributed by atoms with van der Waals surface area (Å²) in [5.74, 6) is 0.185. The first kappa shape index (κ1) is 22.7. The molecule has 4 rings (SSSR count). The molecule has 1 aliphatic heterocycles. The Hall–Kier alpha value is -1.97. The Labute approximate surface area is 173 Å². The minimum Gasteiger partial charge on any atom is -0.313 e. The standard InChI is InChI=1S/C20H19F4N.CH4O3S/c21-13-6-4-12(5-7-13)10-19-16-9-8-15-14(17(16)11-25-19)2-1-3-18(15)20(22,23)24;1-5(2,3)4/h1-7,16-17,19,25H,8-11H2;1H3,(H,2,3,4). The second-order valence-electron chi connectivity index (χ2n) is 7.76. The van der Waals surface area contributed by atoms with Crippen LogP contribution in [0.5, 0.6) is 0 Å². The fourth-order valence-corrected chi connectivity index (χ4v) is 4.51. The van der Waals surface area contributed by atoms with Crippen molar-refractivity contribution in [1.82, 2.24) is 5.32 Å². The summed E-state index contributed by atoms with van der Waals surface area (Å²) < 4.78 is 78.7. The summed E-state index contributed by atoms with van der Waals surface area (Å²) >= 11 is 0. The van der Waals surface area contributed by atoms with E-state index in [-0.39, 0.29) is 17.8 Å². The van der Waals surface area contributed by atoms with Crippen LogP contribution in [0.15, 0.2) is 42.5 Å². The summed E-state index contributed by atoms with van der Waals surface area (Å²) in [6.07, 6.45) is -1.59. The molecule has 164 valence electrons. The van der Waals surface area contributed by atoms with Crippen molar-refractivity contribution in [2.75, 3.05) is 12.8 Å². The Kier molecular flexibility index (Phi) is 6.54. The van der Waals surface area contributed by atoms with E-state index in [1.807, 2.05) is 6.07 Å². The number of halogens is 4.